The lowest BCUT2D eigenvalue weighted by Gasteiger charge is -1.99. The van der Waals surface area contributed by atoms with Crippen molar-refractivity contribution < 1.29 is 4.79 Å². The highest BCUT2D eigenvalue weighted by atomic mass is 16.1. The van der Waals surface area contributed by atoms with Gasteiger partial charge in [-0.1, -0.05) is 0 Å². The quantitative estimate of drug-likeness (QED) is 0.622. The van der Waals surface area contributed by atoms with E-state index in [0.717, 1.165) is 18.7 Å². The van der Waals surface area contributed by atoms with E-state index < -0.39 is 0 Å². The Hall–Kier alpha value is -1.36. The molecule has 0 aliphatic carbocycles. The van der Waals surface area contributed by atoms with Crippen LogP contribution in [-0.4, -0.2) is 22.2 Å². The standard InChI is InChI=1S/C9H16N4O/c1-2-13-7-8(6-12-13)5-11-4-3-9(10)14/h6-7,11H,2-5H2,1H3,(H2,10,14). The molecule has 78 valence electrons. The van der Waals surface area contributed by atoms with Crippen molar-refractivity contribution in [3.05, 3.63) is 18.0 Å². The lowest BCUT2D eigenvalue weighted by atomic mass is 10.3. The Labute approximate surface area is 83.3 Å². The highest BCUT2D eigenvalue weighted by Gasteiger charge is 1.97. The summed E-state index contributed by atoms with van der Waals surface area (Å²) in [5, 5.41) is 7.25. The van der Waals surface area contributed by atoms with E-state index in [4.69, 9.17) is 5.73 Å². The van der Waals surface area contributed by atoms with E-state index in [1.54, 1.807) is 0 Å². The second kappa shape index (κ2) is 5.39. The van der Waals surface area contributed by atoms with Gasteiger partial charge in [0.2, 0.25) is 5.91 Å². The number of nitrogens with zero attached hydrogens (tertiary/aromatic N) is 2. The van der Waals surface area contributed by atoms with E-state index in [-0.39, 0.29) is 5.91 Å². The molecule has 0 aliphatic rings. The van der Waals surface area contributed by atoms with Crippen molar-refractivity contribution in [1.29, 1.82) is 0 Å². The fraction of sp³-hybridized carbons (Fsp3) is 0.556. The van der Waals surface area contributed by atoms with Crippen molar-refractivity contribution in [2.75, 3.05) is 6.54 Å². The molecule has 1 aromatic rings. The summed E-state index contributed by atoms with van der Waals surface area (Å²) in [4.78, 5) is 10.4. The third-order valence-electron chi connectivity index (χ3n) is 1.89. The first-order valence-corrected chi connectivity index (χ1v) is 4.72. The van der Waals surface area contributed by atoms with Crippen molar-refractivity contribution in [2.24, 2.45) is 5.73 Å². The predicted molar refractivity (Wildman–Crippen MR) is 53.4 cm³/mol. The maximum Gasteiger partial charge on any atom is 0.218 e. The van der Waals surface area contributed by atoms with Gasteiger partial charge in [0.15, 0.2) is 0 Å². The van der Waals surface area contributed by atoms with E-state index in [2.05, 4.69) is 10.4 Å². The molecule has 0 radical (unpaired) electrons. The molecule has 0 atom stereocenters. The largest absolute Gasteiger partial charge is 0.370 e. The Morgan fingerprint density at radius 3 is 3.07 bits per heavy atom. The number of aromatic nitrogens is 2. The minimum Gasteiger partial charge on any atom is -0.370 e. The average molecular weight is 196 g/mol. The summed E-state index contributed by atoms with van der Waals surface area (Å²) < 4.78 is 1.87. The maximum atomic E-state index is 10.4. The molecule has 0 spiro atoms. The van der Waals surface area contributed by atoms with E-state index in [0.29, 0.717) is 13.0 Å². The van der Waals surface area contributed by atoms with Crippen LogP contribution < -0.4 is 11.1 Å². The van der Waals surface area contributed by atoms with Gasteiger partial charge >= 0.3 is 0 Å². The van der Waals surface area contributed by atoms with Gasteiger partial charge in [0, 0.05) is 37.8 Å². The number of nitrogens with one attached hydrogen (secondary N) is 1. The molecule has 0 bridgehead atoms. The fourth-order valence-corrected chi connectivity index (χ4v) is 1.11. The molecule has 0 saturated heterocycles. The Balaban J connectivity index is 2.21. The molecule has 0 aliphatic heterocycles. The number of hydrogen-bond donors (Lipinski definition) is 2. The van der Waals surface area contributed by atoms with Crippen LogP contribution in [0.25, 0.3) is 0 Å². The third-order valence-corrected chi connectivity index (χ3v) is 1.89. The first-order chi connectivity index (χ1) is 6.72. The zero-order chi connectivity index (χ0) is 10.4. The molecule has 1 heterocycles. The van der Waals surface area contributed by atoms with Crippen molar-refractivity contribution >= 4 is 5.91 Å². The molecule has 3 N–H and O–H groups in total. The van der Waals surface area contributed by atoms with Crippen LogP contribution in [0.3, 0.4) is 0 Å². The van der Waals surface area contributed by atoms with Gasteiger partial charge in [-0.05, 0) is 6.92 Å². The first kappa shape index (κ1) is 10.7. The lowest BCUT2D eigenvalue weighted by molar-refractivity contribution is -0.117. The number of hydrogen-bond acceptors (Lipinski definition) is 3. The van der Waals surface area contributed by atoms with Gasteiger partial charge < -0.3 is 11.1 Å². The van der Waals surface area contributed by atoms with Crippen LogP contribution in [0, 0.1) is 0 Å². The number of nitrogens with two attached hydrogens (primary N) is 1. The summed E-state index contributed by atoms with van der Waals surface area (Å²) in [7, 11) is 0. The molecule has 0 aromatic carbocycles. The van der Waals surface area contributed by atoms with Gasteiger partial charge in [-0.15, -0.1) is 0 Å². The SMILES string of the molecule is CCn1cc(CNCCC(N)=O)cn1. The molecular weight excluding hydrogens is 180 g/mol. The molecule has 1 rings (SSSR count). The molecular formula is C9H16N4O. The van der Waals surface area contributed by atoms with Gasteiger partial charge in [0.25, 0.3) is 0 Å². The van der Waals surface area contributed by atoms with E-state index in [9.17, 15) is 4.79 Å². The number of aryl methyl sites for hydroxylation is 1. The molecule has 14 heavy (non-hydrogen) atoms. The van der Waals surface area contributed by atoms with E-state index in [1.165, 1.54) is 0 Å². The van der Waals surface area contributed by atoms with E-state index >= 15 is 0 Å². The van der Waals surface area contributed by atoms with Crippen molar-refractivity contribution in [3.63, 3.8) is 0 Å². The zero-order valence-corrected chi connectivity index (χ0v) is 8.36. The molecule has 1 aromatic heterocycles. The third kappa shape index (κ3) is 3.57. The highest BCUT2D eigenvalue weighted by Crippen LogP contribution is 1.96. The highest BCUT2D eigenvalue weighted by molar-refractivity contribution is 5.73. The molecule has 0 saturated carbocycles. The lowest BCUT2D eigenvalue weighted by Crippen LogP contribution is -2.21. The number of amides is 1. The summed E-state index contributed by atoms with van der Waals surface area (Å²) >= 11 is 0. The van der Waals surface area contributed by atoms with Crippen LogP contribution in [0.1, 0.15) is 18.9 Å². The minimum absolute atomic E-state index is 0.276. The first-order valence-electron chi connectivity index (χ1n) is 4.72. The summed E-state index contributed by atoms with van der Waals surface area (Å²) in [6, 6.07) is 0. The summed E-state index contributed by atoms with van der Waals surface area (Å²) in [5.74, 6) is -0.276. The number of primary amides is 1. The van der Waals surface area contributed by atoms with Crippen LogP contribution in [0.15, 0.2) is 12.4 Å². The Morgan fingerprint density at radius 2 is 2.50 bits per heavy atom. The van der Waals surface area contributed by atoms with Gasteiger partial charge in [-0.3, -0.25) is 9.48 Å². The Bertz CT molecular complexity index is 295. The van der Waals surface area contributed by atoms with E-state index in [1.807, 2.05) is 24.0 Å². The Morgan fingerprint density at radius 1 is 1.71 bits per heavy atom. The molecule has 0 unspecified atom stereocenters. The average Bonchev–Trinajstić information content (AvgIpc) is 2.60. The van der Waals surface area contributed by atoms with Crippen LogP contribution in [0.4, 0.5) is 0 Å². The van der Waals surface area contributed by atoms with Crippen LogP contribution >= 0.6 is 0 Å². The van der Waals surface area contributed by atoms with Gasteiger partial charge in [-0.2, -0.15) is 5.10 Å². The van der Waals surface area contributed by atoms with Crippen LogP contribution in [0.5, 0.6) is 0 Å². The number of carbonyl (C=O) groups is 1. The summed E-state index contributed by atoms with van der Waals surface area (Å²) in [6.45, 7) is 4.26. The fourth-order valence-electron chi connectivity index (χ4n) is 1.11. The normalized spacial score (nSPS) is 10.4. The van der Waals surface area contributed by atoms with Crippen molar-refractivity contribution in [3.8, 4) is 0 Å². The maximum absolute atomic E-state index is 10.4. The second-order valence-corrected chi connectivity index (χ2v) is 3.10. The summed E-state index contributed by atoms with van der Waals surface area (Å²) in [6.07, 6.45) is 4.18. The Kier molecular flexibility index (Phi) is 4.12. The monoisotopic (exact) mass is 196 g/mol. The topological polar surface area (TPSA) is 72.9 Å². The molecule has 1 amide bonds. The van der Waals surface area contributed by atoms with Crippen molar-refractivity contribution in [1.82, 2.24) is 15.1 Å². The van der Waals surface area contributed by atoms with Crippen LogP contribution in [-0.2, 0) is 17.9 Å². The van der Waals surface area contributed by atoms with Gasteiger partial charge in [-0.25, -0.2) is 0 Å². The molecule has 0 fully saturated rings. The summed E-state index contributed by atoms with van der Waals surface area (Å²) in [5.41, 5.74) is 6.12. The van der Waals surface area contributed by atoms with Crippen molar-refractivity contribution in [2.45, 2.75) is 26.4 Å². The zero-order valence-electron chi connectivity index (χ0n) is 8.36. The van der Waals surface area contributed by atoms with Gasteiger partial charge in [0.05, 0.1) is 6.20 Å². The minimum atomic E-state index is -0.276. The van der Waals surface area contributed by atoms with Crippen LogP contribution in [0.2, 0.25) is 0 Å². The van der Waals surface area contributed by atoms with Gasteiger partial charge in [0.1, 0.15) is 0 Å². The predicted octanol–water partition coefficient (Wildman–Crippen LogP) is -0.132. The molecule has 5 nitrogen and oxygen atoms in total. The second-order valence-electron chi connectivity index (χ2n) is 3.10. The molecule has 5 heteroatoms. The number of rotatable bonds is 6. The number of carbonyl (C=O) groups excluding carboxylic acids is 1. The smallest absolute Gasteiger partial charge is 0.218 e.